The largest absolute Gasteiger partial charge is 0.536 e. The number of halogens is 15. The Bertz CT molecular complexity index is 1230. The van der Waals surface area contributed by atoms with Crippen LogP contribution in [0.5, 0.6) is 0 Å². The molecule has 0 aliphatic rings. The summed E-state index contributed by atoms with van der Waals surface area (Å²) < 4.78 is 219. The van der Waals surface area contributed by atoms with Crippen molar-refractivity contribution in [2.24, 2.45) is 0 Å². The second kappa shape index (κ2) is 9.35. The molecule has 3 aromatic carbocycles. The van der Waals surface area contributed by atoms with Crippen LogP contribution in [0.2, 0.25) is 0 Å². The molecule has 0 radical (unpaired) electrons. The van der Waals surface area contributed by atoms with Crippen molar-refractivity contribution in [1.29, 1.82) is 0 Å². The lowest BCUT2D eigenvalue weighted by Crippen LogP contribution is -2.74. The van der Waals surface area contributed by atoms with Gasteiger partial charge in [0.15, 0.2) is 69.8 Å². The molecule has 0 saturated heterocycles. The second-order valence-electron chi connectivity index (χ2n) is 6.80. The molecule has 0 spiro atoms. The lowest BCUT2D eigenvalue weighted by Gasteiger charge is -2.33. The molecule has 0 unspecified atom stereocenters. The van der Waals surface area contributed by atoms with Crippen LogP contribution in [-0.2, 0) is 4.43 Å². The van der Waals surface area contributed by atoms with Crippen LogP contribution in [0, 0.1) is 87.3 Å². The third-order valence-electron chi connectivity index (χ3n) is 4.95. The van der Waals surface area contributed by atoms with Gasteiger partial charge in [-0.2, -0.15) is 0 Å². The molecule has 0 fully saturated rings. The van der Waals surface area contributed by atoms with Gasteiger partial charge in [0.1, 0.15) is 0 Å². The van der Waals surface area contributed by atoms with E-state index in [2.05, 4.69) is 11.0 Å². The maximum Gasteiger partial charge on any atom is 0.364 e. The number of hydrogen-bond donors (Lipinski definition) is 0. The summed E-state index contributed by atoms with van der Waals surface area (Å²) in [7, 11) is -7.26. The van der Waals surface area contributed by atoms with Crippen LogP contribution in [0.15, 0.2) is 12.8 Å². The molecule has 0 N–H and O–H groups in total. The molecule has 0 atom stereocenters. The molecule has 198 valence electrons. The predicted molar refractivity (Wildman–Crippen MR) is 94.6 cm³/mol. The molecule has 0 heterocycles. The normalized spacial score (nSPS) is 11.8. The topological polar surface area (TPSA) is 9.23 Å². The minimum absolute atomic E-state index is 0.277. The van der Waals surface area contributed by atoms with Crippen molar-refractivity contribution in [3.63, 3.8) is 0 Å². The van der Waals surface area contributed by atoms with E-state index >= 15 is 0 Å². The number of hydrogen-bond acceptors (Lipinski definition) is 1. The van der Waals surface area contributed by atoms with E-state index in [4.69, 9.17) is 0 Å². The second-order valence-corrected chi connectivity index (χ2v) is 9.90. The average Bonchev–Trinajstić information content (AvgIpc) is 2.86. The van der Waals surface area contributed by atoms with E-state index in [1.165, 1.54) is 0 Å². The van der Waals surface area contributed by atoms with Crippen LogP contribution in [0.4, 0.5) is 65.9 Å². The minimum atomic E-state index is -7.26. The Labute approximate surface area is 195 Å². The summed E-state index contributed by atoms with van der Waals surface area (Å²) in [5.41, 5.74) is 0. The molecule has 0 amide bonds. The lowest BCUT2D eigenvalue weighted by atomic mass is 10.3. The van der Waals surface area contributed by atoms with Gasteiger partial charge in [-0.05, 0) is 0 Å². The van der Waals surface area contributed by atoms with Gasteiger partial charge in [-0.1, -0.05) is 6.58 Å². The fraction of sp³-hybridized carbons (Fsp3) is 0. The molecule has 3 rings (SSSR count). The summed E-state index contributed by atoms with van der Waals surface area (Å²) in [4.78, 5) is 0. The smallest absolute Gasteiger partial charge is 0.364 e. The van der Waals surface area contributed by atoms with E-state index in [-0.39, 0.29) is 6.26 Å². The maximum atomic E-state index is 14.9. The first-order valence-corrected chi connectivity index (χ1v) is 10.8. The molecule has 1 nitrogen and oxygen atoms in total. The van der Waals surface area contributed by atoms with E-state index in [0.717, 1.165) is 0 Å². The van der Waals surface area contributed by atoms with Crippen molar-refractivity contribution in [2.75, 3.05) is 0 Å². The fourth-order valence-corrected chi connectivity index (χ4v) is 7.29. The summed E-state index contributed by atoms with van der Waals surface area (Å²) in [6.45, 7) is 2.68. The van der Waals surface area contributed by atoms with Crippen molar-refractivity contribution < 1.29 is 70.3 Å². The summed E-state index contributed by atoms with van der Waals surface area (Å²) >= 11 is 0. The Balaban J connectivity index is 2.88. The van der Waals surface area contributed by atoms with Gasteiger partial charge in [0.25, 0.3) is 0 Å². The molecule has 0 aliphatic heterocycles. The Morgan fingerprint density at radius 3 is 0.676 bits per heavy atom. The third-order valence-corrected chi connectivity index (χ3v) is 8.90. The van der Waals surface area contributed by atoms with Crippen molar-refractivity contribution in [3.8, 4) is 0 Å². The van der Waals surface area contributed by atoms with Gasteiger partial charge in [-0.15, -0.1) is 0 Å². The quantitative estimate of drug-likeness (QED) is 0.106. The van der Waals surface area contributed by atoms with Crippen LogP contribution in [-0.4, -0.2) is 8.32 Å². The average molecular weight is 572 g/mol. The Morgan fingerprint density at radius 2 is 0.514 bits per heavy atom. The molecule has 37 heavy (non-hydrogen) atoms. The molecule has 3 aromatic rings. The third kappa shape index (κ3) is 3.65. The van der Waals surface area contributed by atoms with Gasteiger partial charge < -0.3 is 4.43 Å². The highest BCUT2D eigenvalue weighted by Crippen LogP contribution is 2.28. The molecule has 0 saturated carbocycles. The molecular formula is C20H3F15OSi. The minimum Gasteiger partial charge on any atom is -0.536 e. The van der Waals surface area contributed by atoms with Crippen molar-refractivity contribution >= 4 is 23.9 Å². The predicted octanol–water partition coefficient (Wildman–Crippen LogP) is 4.90. The zero-order valence-corrected chi connectivity index (χ0v) is 17.9. The van der Waals surface area contributed by atoms with Gasteiger partial charge >= 0.3 is 8.32 Å². The Kier molecular flexibility index (Phi) is 7.06. The van der Waals surface area contributed by atoms with Crippen molar-refractivity contribution in [3.05, 3.63) is 100 Å². The molecule has 17 heteroatoms. The zero-order valence-electron chi connectivity index (χ0n) is 16.9. The highest BCUT2D eigenvalue weighted by Gasteiger charge is 2.59. The van der Waals surface area contributed by atoms with E-state index in [9.17, 15) is 65.9 Å². The molecule has 0 aromatic heterocycles. The van der Waals surface area contributed by atoms with E-state index in [0.29, 0.717) is 0 Å². The van der Waals surface area contributed by atoms with Gasteiger partial charge in [0.05, 0.1) is 21.8 Å². The summed E-state index contributed by atoms with van der Waals surface area (Å²) in [5, 5.41) is -8.39. The van der Waals surface area contributed by atoms with Crippen LogP contribution >= 0.6 is 0 Å². The fourth-order valence-electron chi connectivity index (χ4n) is 3.42. The van der Waals surface area contributed by atoms with E-state index in [1.54, 1.807) is 0 Å². The van der Waals surface area contributed by atoms with Crippen molar-refractivity contribution in [2.45, 2.75) is 0 Å². The summed E-state index contributed by atoms with van der Waals surface area (Å²) in [6.07, 6.45) is -0.277. The first-order chi connectivity index (χ1) is 17.1. The molecular weight excluding hydrogens is 569 g/mol. The van der Waals surface area contributed by atoms with Crippen LogP contribution in [0.1, 0.15) is 0 Å². The summed E-state index contributed by atoms with van der Waals surface area (Å²) in [5.74, 6) is -46.4. The van der Waals surface area contributed by atoms with E-state index < -0.39 is 111 Å². The Hall–Kier alpha value is -3.63. The molecule has 0 aliphatic carbocycles. The number of benzene rings is 3. The van der Waals surface area contributed by atoms with E-state index in [1.807, 2.05) is 0 Å². The van der Waals surface area contributed by atoms with Crippen LogP contribution < -0.4 is 15.6 Å². The van der Waals surface area contributed by atoms with Crippen molar-refractivity contribution in [1.82, 2.24) is 0 Å². The van der Waals surface area contributed by atoms with Crippen LogP contribution in [0.25, 0.3) is 0 Å². The Morgan fingerprint density at radius 1 is 0.351 bits per heavy atom. The first-order valence-electron chi connectivity index (χ1n) is 8.93. The van der Waals surface area contributed by atoms with Gasteiger partial charge in [-0.25, -0.2) is 65.9 Å². The maximum absolute atomic E-state index is 14.9. The summed E-state index contributed by atoms with van der Waals surface area (Å²) in [6, 6.07) is 0. The number of rotatable bonds is 5. The van der Waals surface area contributed by atoms with Gasteiger partial charge in [0, 0.05) is 0 Å². The standard InChI is InChI=1S/C20H3F15OSi/c1-2-36-37(18-12(30)6(24)3(21)7(25)13(18)31,19-14(32)8(26)4(22)9(27)15(19)33)20-16(34)10(28)5(23)11(29)17(20)35/h2H,1H2. The van der Waals surface area contributed by atoms with Gasteiger partial charge in [0.2, 0.25) is 17.5 Å². The first kappa shape index (κ1) is 27.9. The van der Waals surface area contributed by atoms with Crippen LogP contribution in [0.3, 0.4) is 0 Å². The molecule has 0 bridgehead atoms. The highest BCUT2D eigenvalue weighted by molar-refractivity contribution is 7.07. The van der Waals surface area contributed by atoms with Gasteiger partial charge in [-0.3, -0.25) is 0 Å². The SMILES string of the molecule is C=CO[Si](c1c(F)c(F)c(F)c(F)c1F)(c1c(F)c(F)c(F)c(F)c1F)c1c(F)c(F)c(F)c(F)c1F. The highest BCUT2D eigenvalue weighted by atomic mass is 28.4. The zero-order chi connectivity index (χ0) is 28.3. The monoisotopic (exact) mass is 572 g/mol. The lowest BCUT2D eigenvalue weighted by molar-refractivity contribution is 0.372.